The van der Waals surface area contributed by atoms with E-state index in [4.69, 9.17) is 14.2 Å². The number of hydrogen-bond acceptors (Lipinski definition) is 7. The molecule has 0 amide bonds. The number of carboxylic acid groups (broad SMARTS) is 1. The summed E-state index contributed by atoms with van der Waals surface area (Å²) in [7, 11) is 0. The van der Waals surface area contributed by atoms with Gasteiger partial charge in [0.2, 0.25) is 0 Å². The third-order valence-electron chi connectivity index (χ3n) is 7.17. The van der Waals surface area contributed by atoms with E-state index in [9.17, 15) is 20.0 Å². The second kappa shape index (κ2) is 13.2. The lowest BCUT2D eigenvalue weighted by Gasteiger charge is -2.36. The van der Waals surface area contributed by atoms with Gasteiger partial charge in [-0.15, -0.1) is 0 Å². The van der Waals surface area contributed by atoms with Gasteiger partial charge in [-0.2, -0.15) is 0 Å². The molecule has 0 saturated carbocycles. The zero-order chi connectivity index (χ0) is 29.5. The molecule has 42 heavy (non-hydrogen) atoms. The van der Waals surface area contributed by atoms with E-state index in [2.05, 4.69) is 23.1 Å². The molecule has 0 bridgehead atoms. The number of carboxylic acids is 1. The van der Waals surface area contributed by atoms with E-state index in [1.807, 2.05) is 36.4 Å². The van der Waals surface area contributed by atoms with Crippen LogP contribution in [0.3, 0.4) is 0 Å². The Morgan fingerprint density at radius 2 is 1.62 bits per heavy atom. The van der Waals surface area contributed by atoms with Crippen LogP contribution >= 0.6 is 0 Å². The maximum absolute atomic E-state index is 12.2. The highest BCUT2D eigenvalue weighted by atomic mass is 16.6. The van der Waals surface area contributed by atoms with E-state index in [1.165, 1.54) is 17.7 Å². The highest BCUT2D eigenvalue weighted by Crippen LogP contribution is 2.35. The van der Waals surface area contributed by atoms with Crippen molar-refractivity contribution < 1.29 is 29.0 Å². The van der Waals surface area contributed by atoms with Crippen LogP contribution in [-0.2, 0) is 16.1 Å². The Labute approximate surface area is 244 Å². The molecule has 3 unspecified atom stereocenters. The fourth-order valence-electron chi connectivity index (χ4n) is 5.21. The van der Waals surface area contributed by atoms with Crippen LogP contribution in [-0.4, -0.2) is 48.0 Å². The van der Waals surface area contributed by atoms with Crippen LogP contribution in [0.5, 0.6) is 11.5 Å². The minimum atomic E-state index is -1.17. The van der Waals surface area contributed by atoms with Crippen LogP contribution in [0.4, 0.5) is 11.4 Å². The molecule has 9 heteroatoms. The van der Waals surface area contributed by atoms with Crippen LogP contribution in [0, 0.1) is 10.1 Å². The van der Waals surface area contributed by atoms with Gasteiger partial charge in [-0.25, -0.2) is 4.79 Å². The molecule has 1 aliphatic rings. The summed E-state index contributed by atoms with van der Waals surface area (Å²) in [5.41, 5.74) is 3.47. The zero-order valence-corrected chi connectivity index (χ0v) is 23.2. The molecule has 9 nitrogen and oxygen atoms in total. The van der Waals surface area contributed by atoms with E-state index < -0.39 is 22.9 Å². The molecule has 4 aromatic carbocycles. The smallest absolute Gasteiger partial charge is 0.333 e. The van der Waals surface area contributed by atoms with Crippen molar-refractivity contribution >= 4 is 17.3 Å². The molecule has 216 valence electrons. The number of rotatable bonds is 12. The molecule has 5 rings (SSSR count). The standard InChI is InChI=1S/C33H32N2O7/c1-2-40-32(33(36)37)31(24-12-16-26(17-13-24)35(38)39)25-14-18-27(19-15-25)41-22-28-21-34(20-23-8-4-3-5-9-23)29-10-6-7-11-30(29)42-28/h3-19,28,31-32H,2,20-22H2,1H3,(H,36,37). The Kier molecular flexibility index (Phi) is 8.99. The van der Waals surface area contributed by atoms with E-state index in [1.54, 1.807) is 43.3 Å². The monoisotopic (exact) mass is 568 g/mol. The second-order valence-electron chi connectivity index (χ2n) is 9.99. The summed E-state index contributed by atoms with van der Waals surface area (Å²) < 4.78 is 18.0. The van der Waals surface area contributed by atoms with Crippen LogP contribution in [0.1, 0.15) is 29.5 Å². The molecule has 0 aliphatic carbocycles. The summed E-state index contributed by atoms with van der Waals surface area (Å²) in [5.74, 6) is -0.371. The molecule has 4 aromatic rings. The molecule has 0 spiro atoms. The average molecular weight is 569 g/mol. The molecule has 1 heterocycles. The number of fused-ring (bicyclic) bond motifs is 1. The predicted octanol–water partition coefficient (Wildman–Crippen LogP) is 6.06. The van der Waals surface area contributed by atoms with E-state index in [0.29, 0.717) is 30.0 Å². The quantitative estimate of drug-likeness (QED) is 0.162. The highest BCUT2D eigenvalue weighted by Gasteiger charge is 2.32. The van der Waals surface area contributed by atoms with Crippen molar-refractivity contribution in [1.29, 1.82) is 0 Å². The van der Waals surface area contributed by atoms with Gasteiger partial charge in [-0.1, -0.05) is 66.7 Å². The number of ether oxygens (including phenoxy) is 3. The van der Waals surface area contributed by atoms with Gasteiger partial charge in [0.1, 0.15) is 18.1 Å². The maximum atomic E-state index is 12.2. The van der Waals surface area contributed by atoms with Crippen LogP contribution in [0.2, 0.25) is 0 Å². The molecule has 0 radical (unpaired) electrons. The van der Waals surface area contributed by atoms with Gasteiger partial charge >= 0.3 is 5.97 Å². The van der Waals surface area contributed by atoms with Crippen molar-refractivity contribution in [2.75, 3.05) is 24.7 Å². The highest BCUT2D eigenvalue weighted by molar-refractivity contribution is 5.75. The number of nitro benzene ring substituents is 1. The molecule has 1 aliphatic heterocycles. The number of anilines is 1. The van der Waals surface area contributed by atoms with Gasteiger partial charge in [-0.05, 0) is 47.9 Å². The molecule has 0 saturated heterocycles. The zero-order valence-electron chi connectivity index (χ0n) is 23.2. The molecule has 1 N–H and O–H groups in total. The summed E-state index contributed by atoms with van der Waals surface area (Å²) in [6.07, 6.45) is -1.37. The third-order valence-corrected chi connectivity index (χ3v) is 7.17. The van der Waals surface area contributed by atoms with Gasteiger partial charge in [0.05, 0.1) is 17.2 Å². The molecule has 0 aromatic heterocycles. The predicted molar refractivity (Wildman–Crippen MR) is 158 cm³/mol. The van der Waals surface area contributed by atoms with Crippen LogP contribution in [0.15, 0.2) is 103 Å². The van der Waals surface area contributed by atoms with Crippen molar-refractivity contribution in [3.8, 4) is 11.5 Å². The van der Waals surface area contributed by atoms with Crippen LogP contribution in [0.25, 0.3) is 0 Å². The average Bonchev–Trinajstić information content (AvgIpc) is 3.01. The van der Waals surface area contributed by atoms with Gasteiger partial charge < -0.3 is 24.2 Å². The van der Waals surface area contributed by atoms with Crippen molar-refractivity contribution in [3.63, 3.8) is 0 Å². The number of para-hydroxylation sites is 2. The summed E-state index contributed by atoms with van der Waals surface area (Å²) in [6.45, 7) is 3.66. The number of nitrogens with zero attached hydrogens (tertiary/aromatic N) is 2. The fourth-order valence-corrected chi connectivity index (χ4v) is 5.21. The van der Waals surface area contributed by atoms with Crippen molar-refractivity contribution in [1.82, 2.24) is 0 Å². The first kappa shape index (κ1) is 28.6. The lowest BCUT2D eigenvalue weighted by Crippen LogP contribution is -2.42. The molecule has 3 atom stereocenters. The largest absolute Gasteiger partial charge is 0.490 e. The van der Waals surface area contributed by atoms with Crippen molar-refractivity contribution in [3.05, 3.63) is 130 Å². The summed E-state index contributed by atoms with van der Waals surface area (Å²) in [5, 5.41) is 21.1. The first-order valence-corrected chi connectivity index (χ1v) is 13.8. The van der Waals surface area contributed by atoms with Gasteiger partial charge in [0.15, 0.2) is 12.2 Å². The fraction of sp³-hybridized carbons (Fsp3) is 0.242. The number of hydrogen-bond donors (Lipinski definition) is 1. The van der Waals surface area contributed by atoms with Gasteiger partial charge in [0.25, 0.3) is 5.69 Å². The Hall–Kier alpha value is -4.89. The maximum Gasteiger partial charge on any atom is 0.333 e. The second-order valence-corrected chi connectivity index (χ2v) is 9.99. The Morgan fingerprint density at radius 3 is 2.26 bits per heavy atom. The normalized spacial score (nSPS) is 15.6. The van der Waals surface area contributed by atoms with Crippen molar-refractivity contribution in [2.45, 2.75) is 31.6 Å². The van der Waals surface area contributed by atoms with Crippen molar-refractivity contribution in [2.24, 2.45) is 0 Å². The van der Waals surface area contributed by atoms with Gasteiger partial charge in [-0.3, -0.25) is 10.1 Å². The van der Waals surface area contributed by atoms with E-state index in [0.717, 1.165) is 18.0 Å². The Bertz CT molecular complexity index is 1490. The topological polar surface area (TPSA) is 111 Å². The van der Waals surface area contributed by atoms with Gasteiger partial charge in [0, 0.05) is 31.2 Å². The SMILES string of the molecule is CCOC(C(=O)O)C(c1ccc(OCC2CN(Cc3ccccc3)c3ccccc3O2)cc1)c1ccc([N+](=O)[O-])cc1. The summed E-state index contributed by atoms with van der Waals surface area (Å²) >= 11 is 0. The molecule has 0 fully saturated rings. The number of aliphatic carboxylic acids is 1. The third kappa shape index (κ3) is 6.70. The first-order chi connectivity index (χ1) is 20.4. The Morgan fingerprint density at radius 1 is 0.976 bits per heavy atom. The minimum Gasteiger partial charge on any atom is -0.490 e. The Balaban J connectivity index is 1.31. The molecular weight excluding hydrogens is 536 g/mol. The number of non-ortho nitro benzene ring substituents is 1. The number of nitro groups is 1. The lowest BCUT2D eigenvalue weighted by molar-refractivity contribution is -0.384. The number of benzene rings is 4. The van der Waals surface area contributed by atoms with Crippen LogP contribution < -0.4 is 14.4 Å². The molecular formula is C33H32N2O7. The minimum absolute atomic E-state index is 0.0700. The lowest BCUT2D eigenvalue weighted by atomic mass is 9.86. The summed E-state index contributed by atoms with van der Waals surface area (Å²) in [6, 6.07) is 31.3. The summed E-state index contributed by atoms with van der Waals surface area (Å²) in [4.78, 5) is 25.1. The first-order valence-electron chi connectivity index (χ1n) is 13.8. The van der Waals surface area contributed by atoms with E-state index >= 15 is 0 Å². The van der Waals surface area contributed by atoms with E-state index in [-0.39, 0.29) is 18.4 Å². The number of carbonyl (C=O) groups is 1.